The number of ether oxygens (including phenoxy) is 1. The van der Waals surface area contributed by atoms with E-state index >= 15 is 0 Å². The molecule has 0 spiro atoms. The third kappa shape index (κ3) is 3.50. The maximum atomic E-state index is 11.8. The number of allylic oxidation sites excluding steroid dienone is 2. The van der Waals surface area contributed by atoms with E-state index in [2.05, 4.69) is 18.5 Å². The van der Waals surface area contributed by atoms with Gasteiger partial charge < -0.3 is 15.2 Å². The van der Waals surface area contributed by atoms with Gasteiger partial charge in [-0.2, -0.15) is 0 Å². The number of alkyl carbamates (subject to hydrolysis) is 1. The highest BCUT2D eigenvalue weighted by atomic mass is 16.6. The standard InChI is InChI=1S/C15H21NO4/c1-6-10-8-15(12(17)18,9-11(10)7-2)16-13(19)20-14(3,4)5/h6-7H,1-2,8-9H2,3-5H3,(H,16,19)(H,17,18). The van der Waals surface area contributed by atoms with Gasteiger partial charge in [0.15, 0.2) is 0 Å². The van der Waals surface area contributed by atoms with Crippen molar-refractivity contribution in [3.63, 3.8) is 0 Å². The normalized spacial score (nSPS) is 17.6. The lowest BCUT2D eigenvalue weighted by molar-refractivity contribution is -0.144. The second-order valence-corrected chi connectivity index (χ2v) is 5.83. The van der Waals surface area contributed by atoms with E-state index in [1.807, 2.05) is 0 Å². The minimum absolute atomic E-state index is 0.173. The van der Waals surface area contributed by atoms with Gasteiger partial charge in [-0.05, 0) is 31.9 Å². The molecule has 2 N–H and O–H groups in total. The van der Waals surface area contributed by atoms with Crippen molar-refractivity contribution in [3.8, 4) is 0 Å². The highest BCUT2D eigenvalue weighted by molar-refractivity contribution is 5.86. The summed E-state index contributed by atoms with van der Waals surface area (Å²) in [5.74, 6) is -1.10. The minimum Gasteiger partial charge on any atom is -0.479 e. The molecule has 0 aromatic heterocycles. The summed E-state index contributed by atoms with van der Waals surface area (Å²) in [5.41, 5.74) is -0.523. The summed E-state index contributed by atoms with van der Waals surface area (Å²) in [5, 5.41) is 12.0. The van der Waals surface area contributed by atoms with E-state index in [0.717, 1.165) is 11.1 Å². The van der Waals surface area contributed by atoms with E-state index in [-0.39, 0.29) is 12.8 Å². The number of rotatable bonds is 4. The first kappa shape index (κ1) is 16.0. The first-order valence-corrected chi connectivity index (χ1v) is 6.35. The average molecular weight is 279 g/mol. The average Bonchev–Trinajstić information content (AvgIpc) is 2.65. The Kier molecular flexibility index (Phi) is 4.43. The van der Waals surface area contributed by atoms with Crippen LogP contribution in [-0.4, -0.2) is 28.3 Å². The van der Waals surface area contributed by atoms with E-state index in [4.69, 9.17) is 4.74 Å². The predicted molar refractivity (Wildman–Crippen MR) is 76.4 cm³/mol. The molecule has 0 radical (unpaired) electrons. The molecule has 0 heterocycles. The molecule has 0 aromatic rings. The maximum Gasteiger partial charge on any atom is 0.408 e. The van der Waals surface area contributed by atoms with Crippen LogP contribution in [0.4, 0.5) is 4.79 Å². The smallest absolute Gasteiger partial charge is 0.408 e. The molecule has 0 saturated heterocycles. The van der Waals surface area contributed by atoms with Gasteiger partial charge in [0.2, 0.25) is 0 Å². The van der Waals surface area contributed by atoms with E-state index in [1.54, 1.807) is 32.9 Å². The molecule has 1 amide bonds. The molecule has 0 bridgehead atoms. The summed E-state index contributed by atoms with van der Waals surface area (Å²) in [4.78, 5) is 23.4. The monoisotopic (exact) mass is 279 g/mol. The van der Waals surface area contributed by atoms with Gasteiger partial charge in [0.1, 0.15) is 11.1 Å². The van der Waals surface area contributed by atoms with Gasteiger partial charge >= 0.3 is 12.1 Å². The van der Waals surface area contributed by atoms with E-state index < -0.39 is 23.2 Å². The van der Waals surface area contributed by atoms with Crippen molar-refractivity contribution < 1.29 is 19.4 Å². The number of nitrogens with one attached hydrogen (secondary N) is 1. The van der Waals surface area contributed by atoms with E-state index in [0.29, 0.717) is 0 Å². The number of hydrogen-bond donors (Lipinski definition) is 2. The zero-order valence-electron chi connectivity index (χ0n) is 12.2. The fourth-order valence-electron chi connectivity index (χ4n) is 2.14. The van der Waals surface area contributed by atoms with Crippen molar-refractivity contribution in [2.45, 2.75) is 44.8 Å². The van der Waals surface area contributed by atoms with Crippen molar-refractivity contribution in [1.29, 1.82) is 0 Å². The molecule has 110 valence electrons. The van der Waals surface area contributed by atoms with Gasteiger partial charge in [-0.15, -0.1) is 0 Å². The fraction of sp³-hybridized carbons (Fsp3) is 0.467. The Bertz CT molecular complexity index is 463. The first-order chi connectivity index (χ1) is 9.13. The van der Waals surface area contributed by atoms with Gasteiger partial charge in [-0.3, -0.25) is 0 Å². The van der Waals surface area contributed by atoms with Gasteiger partial charge in [-0.25, -0.2) is 9.59 Å². The van der Waals surface area contributed by atoms with Gasteiger partial charge in [0, 0.05) is 12.8 Å². The first-order valence-electron chi connectivity index (χ1n) is 6.35. The van der Waals surface area contributed by atoms with Gasteiger partial charge in [-0.1, -0.05) is 25.3 Å². The molecule has 5 heteroatoms. The summed E-state index contributed by atoms with van der Waals surface area (Å²) in [6, 6.07) is 0. The summed E-state index contributed by atoms with van der Waals surface area (Å²) < 4.78 is 5.13. The minimum atomic E-state index is -1.39. The zero-order valence-corrected chi connectivity index (χ0v) is 12.2. The van der Waals surface area contributed by atoms with E-state index in [1.165, 1.54) is 0 Å². The maximum absolute atomic E-state index is 11.8. The molecular weight excluding hydrogens is 258 g/mol. The number of amides is 1. The zero-order chi connectivity index (χ0) is 15.6. The second-order valence-electron chi connectivity index (χ2n) is 5.83. The molecule has 0 saturated carbocycles. The number of aliphatic carboxylic acids is 1. The Morgan fingerprint density at radius 2 is 1.70 bits per heavy atom. The lowest BCUT2D eigenvalue weighted by atomic mass is 9.94. The number of hydrogen-bond acceptors (Lipinski definition) is 3. The molecule has 0 unspecified atom stereocenters. The Balaban J connectivity index is 2.93. The summed E-state index contributed by atoms with van der Waals surface area (Å²) in [7, 11) is 0. The van der Waals surface area contributed by atoms with Crippen molar-refractivity contribution in [3.05, 3.63) is 36.5 Å². The highest BCUT2D eigenvalue weighted by Crippen LogP contribution is 2.36. The van der Waals surface area contributed by atoms with Crippen LogP contribution in [0.5, 0.6) is 0 Å². The van der Waals surface area contributed by atoms with Gasteiger partial charge in [0.05, 0.1) is 0 Å². The van der Waals surface area contributed by atoms with Crippen molar-refractivity contribution in [2.75, 3.05) is 0 Å². The van der Waals surface area contributed by atoms with Crippen LogP contribution in [0.2, 0.25) is 0 Å². The Labute approximate surface area is 119 Å². The lowest BCUT2D eigenvalue weighted by Crippen LogP contribution is -2.54. The molecule has 1 aliphatic rings. The third-order valence-corrected chi connectivity index (χ3v) is 3.04. The molecule has 0 atom stereocenters. The molecule has 20 heavy (non-hydrogen) atoms. The van der Waals surface area contributed by atoms with Crippen molar-refractivity contribution >= 4 is 12.1 Å². The van der Waals surface area contributed by atoms with E-state index in [9.17, 15) is 14.7 Å². The molecule has 0 fully saturated rings. The number of carbonyl (C=O) groups excluding carboxylic acids is 1. The Morgan fingerprint density at radius 3 is 2.00 bits per heavy atom. The summed E-state index contributed by atoms with van der Waals surface area (Å²) >= 11 is 0. The molecule has 1 rings (SSSR count). The SMILES string of the molecule is C=CC1=C(C=C)CC(NC(=O)OC(C)(C)C)(C(=O)O)C1. The van der Waals surface area contributed by atoms with Crippen molar-refractivity contribution in [1.82, 2.24) is 5.32 Å². The largest absolute Gasteiger partial charge is 0.479 e. The van der Waals surface area contributed by atoms with Crippen LogP contribution < -0.4 is 5.32 Å². The number of carboxylic acids is 1. The summed E-state index contributed by atoms with van der Waals surface area (Å²) in [6.07, 6.45) is 2.80. The number of carboxylic acid groups (broad SMARTS) is 1. The van der Waals surface area contributed by atoms with Crippen molar-refractivity contribution in [2.24, 2.45) is 0 Å². The fourth-order valence-corrected chi connectivity index (χ4v) is 2.14. The van der Waals surface area contributed by atoms with Crippen LogP contribution in [-0.2, 0) is 9.53 Å². The number of carbonyl (C=O) groups is 2. The van der Waals surface area contributed by atoms with Crippen LogP contribution in [0, 0.1) is 0 Å². The molecule has 0 aromatic carbocycles. The Hall–Kier alpha value is -2.04. The topological polar surface area (TPSA) is 75.6 Å². The highest BCUT2D eigenvalue weighted by Gasteiger charge is 2.46. The molecule has 0 aliphatic heterocycles. The predicted octanol–water partition coefficient (Wildman–Crippen LogP) is 2.80. The Morgan fingerprint density at radius 1 is 1.25 bits per heavy atom. The molecular formula is C15H21NO4. The van der Waals surface area contributed by atoms with Crippen LogP contribution in [0.1, 0.15) is 33.6 Å². The van der Waals surface area contributed by atoms with Crippen LogP contribution >= 0.6 is 0 Å². The summed E-state index contributed by atoms with van der Waals surface area (Å²) in [6.45, 7) is 12.5. The second kappa shape index (κ2) is 5.53. The van der Waals surface area contributed by atoms with Crippen LogP contribution in [0.25, 0.3) is 0 Å². The lowest BCUT2D eigenvalue weighted by Gasteiger charge is -2.28. The quantitative estimate of drug-likeness (QED) is 0.829. The van der Waals surface area contributed by atoms with Crippen LogP contribution in [0.3, 0.4) is 0 Å². The van der Waals surface area contributed by atoms with Crippen LogP contribution in [0.15, 0.2) is 36.5 Å². The molecule has 1 aliphatic carbocycles. The third-order valence-electron chi connectivity index (χ3n) is 3.04. The van der Waals surface area contributed by atoms with Gasteiger partial charge in [0.25, 0.3) is 0 Å². The molecule has 5 nitrogen and oxygen atoms in total.